The smallest absolute Gasteiger partial charge is 0.344 e. The Morgan fingerprint density at radius 3 is 2.85 bits per heavy atom. The normalized spacial score (nSPS) is 22.2. The number of aromatic nitrogens is 3. The van der Waals surface area contributed by atoms with Crippen LogP contribution in [-0.4, -0.2) is 61.6 Å². The summed E-state index contributed by atoms with van der Waals surface area (Å²) in [5.74, 6) is -0.0671. The predicted octanol–water partition coefficient (Wildman–Crippen LogP) is 2.56. The Labute approximate surface area is 199 Å². The van der Waals surface area contributed by atoms with Crippen LogP contribution in [0.1, 0.15) is 44.9 Å². The molecule has 5 rings (SSSR count). The van der Waals surface area contributed by atoms with Gasteiger partial charge in [0.05, 0.1) is 23.3 Å². The number of rotatable bonds is 7. The molecule has 2 aliphatic heterocycles. The summed E-state index contributed by atoms with van der Waals surface area (Å²) in [6, 6.07) is 3.38. The van der Waals surface area contributed by atoms with Crippen molar-refractivity contribution in [1.29, 1.82) is 0 Å². The van der Waals surface area contributed by atoms with Crippen LogP contribution in [-0.2, 0) is 20.9 Å². The van der Waals surface area contributed by atoms with E-state index in [1.54, 1.807) is 11.3 Å². The molecule has 176 valence electrons. The van der Waals surface area contributed by atoms with Crippen LogP contribution in [0.15, 0.2) is 22.7 Å². The monoisotopic (exact) mass is 490 g/mol. The molecule has 10 nitrogen and oxygen atoms in total. The van der Waals surface area contributed by atoms with E-state index in [0.717, 1.165) is 54.4 Å². The van der Waals surface area contributed by atoms with Gasteiger partial charge in [-0.05, 0) is 37.1 Å². The Hall–Kier alpha value is -2.44. The van der Waals surface area contributed by atoms with Crippen molar-refractivity contribution in [2.75, 3.05) is 12.4 Å². The Balaban J connectivity index is 1.25. The van der Waals surface area contributed by atoms with E-state index in [0.29, 0.717) is 24.5 Å². The van der Waals surface area contributed by atoms with Crippen molar-refractivity contribution in [2.45, 2.75) is 68.3 Å². The molecule has 33 heavy (non-hydrogen) atoms. The van der Waals surface area contributed by atoms with Crippen molar-refractivity contribution in [3.8, 4) is 10.7 Å². The molecular weight excluding hydrogens is 464 g/mol. The lowest BCUT2D eigenvalue weighted by atomic mass is 9.82. The second-order valence-electron chi connectivity index (χ2n) is 8.57. The van der Waals surface area contributed by atoms with Gasteiger partial charge in [0.15, 0.2) is 11.0 Å². The number of carbonyl (C=O) groups excluding carboxylic acids is 3. The van der Waals surface area contributed by atoms with E-state index in [4.69, 9.17) is 4.74 Å². The number of imide groups is 1. The standard InChI is InChI=1S/C21H26N6O4S2/c28-16(25-27-18(29)21(22-19(27)30)8-2-1-3-9-21)13-33-20-24-23-17(15-7-5-11-32-15)26(20)12-14-6-4-10-31-14/h5,7,11,14H,1-4,6,8-10,12-13H2,(H,22,30)(H,25,28)/t14-/m0/s1. The van der Waals surface area contributed by atoms with Gasteiger partial charge in [-0.25, -0.2) is 4.79 Å². The van der Waals surface area contributed by atoms with Crippen molar-refractivity contribution in [2.24, 2.45) is 0 Å². The number of carbonyl (C=O) groups is 3. The van der Waals surface area contributed by atoms with Gasteiger partial charge >= 0.3 is 6.03 Å². The molecule has 2 N–H and O–H groups in total. The topological polar surface area (TPSA) is 118 Å². The molecule has 4 heterocycles. The van der Waals surface area contributed by atoms with Crippen LogP contribution in [0, 0.1) is 0 Å². The van der Waals surface area contributed by atoms with Crippen LogP contribution >= 0.6 is 23.1 Å². The highest BCUT2D eigenvalue weighted by atomic mass is 32.2. The number of thiophene rings is 1. The minimum Gasteiger partial charge on any atom is -0.376 e. The van der Waals surface area contributed by atoms with Crippen LogP contribution in [0.3, 0.4) is 0 Å². The first-order valence-electron chi connectivity index (χ1n) is 11.2. The van der Waals surface area contributed by atoms with E-state index < -0.39 is 17.5 Å². The summed E-state index contributed by atoms with van der Waals surface area (Å²) in [5, 5.41) is 14.9. The fraction of sp³-hybridized carbons (Fsp3) is 0.571. The summed E-state index contributed by atoms with van der Waals surface area (Å²) >= 11 is 2.80. The summed E-state index contributed by atoms with van der Waals surface area (Å²) in [6.07, 6.45) is 6.12. The number of nitrogens with one attached hydrogen (secondary N) is 2. The summed E-state index contributed by atoms with van der Waals surface area (Å²) in [6.45, 7) is 1.36. The Morgan fingerprint density at radius 1 is 1.27 bits per heavy atom. The highest BCUT2D eigenvalue weighted by molar-refractivity contribution is 7.99. The summed E-state index contributed by atoms with van der Waals surface area (Å²) in [7, 11) is 0. The maximum absolute atomic E-state index is 12.9. The third-order valence-corrected chi connectivity index (χ3v) is 8.14. The predicted molar refractivity (Wildman–Crippen MR) is 122 cm³/mol. The van der Waals surface area contributed by atoms with Gasteiger partial charge in [-0.3, -0.25) is 19.6 Å². The van der Waals surface area contributed by atoms with Crippen LogP contribution < -0.4 is 10.7 Å². The Bertz CT molecular complexity index is 1030. The molecule has 0 aromatic carbocycles. The second kappa shape index (κ2) is 9.43. The van der Waals surface area contributed by atoms with Gasteiger partial charge in [0, 0.05) is 6.61 Å². The summed E-state index contributed by atoms with van der Waals surface area (Å²) < 4.78 is 7.79. The molecule has 0 bridgehead atoms. The highest BCUT2D eigenvalue weighted by Crippen LogP contribution is 2.33. The first kappa shape index (κ1) is 22.4. The Kier molecular flexibility index (Phi) is 6.39. The van der Waals surface area contributed by atoms with E-state index in [1.165, 1.54) is 11.8 Å². The van der Waals surface area contributed by atoms with Crippen LogP contribution in [0.25, 0.3) is 10.7 Å². The van der Waals surface area contributed by atoms with Gasteiger partial charge in [0.2, 0.25) is 5.91 Å². The van der Waals surface area contributed by atoms with E-state index in [9.17, 15) is 14.4 Å². The lowest BCUT2D eigenvalue weighted by Gasteiger charge is -2.30. The molecule has 1 aliphatic carbocycles. The molecule has 0 radical (unpaired) electrons. The lowest BCUT2D eigenvalue weighted by Crippen LogP contribution is -2.51. The van der Waals surface area contributed by atoms with Crippen molar-refractivity contribution in [3.63, 3.8) is 0 Å². The third-order valence-electron chi connectivity index (χ3n) is 6.31. The average molecular weight is 491 g/mol. The molecule has 3 aliphatic rings. The average Bonchev–Trinajstić information content (AvgIpc) is 3.61. The van der Waals surface area contributed by atoms with Crippen LogP contribution in [0.5, 0.6) is 0 Å². The number of urea groups is 1. The number of hydrazine groups is 1. The first-order valence-corrected chi connectivity index (χ1v) is 13.1. The van der Waals surface area contributed by atoms with Gasteiger partial charge in [0.25, 0.3) is 5.91 Å². The molecular formula is C21H26N6O4S2. The fourth-order valence-electron chi connectivity index (χ4n) is 4.64. The van der Waals surface area contributed by atoms with Crippen molar-refractivity contribution >= 4 is 40.9 Å². The molecule has 12 heteroatoms. The second-order valence-corrected chi connectivity index (χ2v) is 10.5. The largest absolute Gasteiger partial charge is 0.376 e. The molecule has 1 atom stereocenters. The molecule has 3 fully saturated rings. The van der Waals surface area contributed by atoms with E-state index in [2.05, 4.69) is 20.9 Å². The quantitative estimate of drug-likeness (QED) is 0.452. The molecule has 1 spiro atoms. The van der Waals surface area contributed by atoms with Crippen molar-refractivity contribution in [1.82, 2.24) is 30.5 Å². The number of nitrogens with zero attached hydrogens (tertiary/aromatic N) is 4. The Morgan fingerprint density at radius 2 is 2.12 bits per heavy atom. The van der Waals surface area contributed by atoms with Crippen LogP contribution in [0.2, 0.25) is 0 Å². The maximum atomic E-state index is 12.9. The van der Waals surface area contributed by atoms with Crippen LogP contribution in [0.4, 0.5) is 4.79 Å². The van der Waals surface area contributed by atoms with Crippen molar-refractivity contribution < 1.29 is 19.1 Å². The number of thioether (sulfide) groups is 1. The summed E-state index contributed by atoms with van der Waals surface area (Å²) in [4.78, 5) is 38.9. The highest BCUT2D eigenvalue weighted by Gasteiger charge is 2.52. The summed E-state index contributed by atoms with van der Waals surface area (Å²) in [5.41, 5.74) is 1.61. The number of amides is 4. The number of hydrogen-bond acceptors (Lipinski definition) is 8. The van der Waals surface area contributed by atoms with E-state index >= 15 is 0 Å². The van der Waals surface area contributed by atoms with Gasteiger partial charge in [-0.15, -0.1) is 21.5 Å². The molecule has 4 amide bonds. The van der Waals surface area contributed by atoms with Gasteiger partial charge in [-0.1, -0.05) is 37.1 Å². The fourth-order valence-corrected chi connectivity index (χ4v) is 6.10. The molecule has 2 aromatic rings. The van der Waals surface area contributed by atoms with E-state index in [-0.39, 0.29) is 17.8 Å². The molecule has 2 saturated heterocycles. The van der Waals surface area contributed by atoms with Gasteiger partial charge in [0.1, 0.15) is 5.54 Å². The van der Waals surface area contributed by atoms with Crippen molar-refractivity contribution in [3.05, 3.63) is 17.5 Å². The number of hydrogen-bond donors (Lipinski definition) is 2. The zero-order valence-electron chi connectivity index (χ0n) is 18.1. The minimum absolute atomic E-state index is 0.00183. The molecule has 2 aromatic heterocycles. The SMILES string of the molecule is O=C(CSc1nnc(-c2cccs2)n1C[C@@H]1CCCO1)NN1C(=O)NC2(CCCCC2)C1=O. The first-order chi connectivity index (χ1) is 16.1. The minimum atomic E-state index is -0.868. The third kappa shape index (κ3) is 4.51. The lowest BCUT2D eigenvalue weighted by molar-refractivity contribution is -0.139. The van der Waals surface area contributed by atoms with Gasteiger partial charge in [-0.2, -0.15) is 5.01 Å². The van der Waals surface area contributed by atoms with Gasteiger partial charge < -0.3 is 10.1 Å². The number of ether oxygens (including phenoxy) is 1. The van der Waals surface area contributed by atoms with E-state index in [1.807, 2.05) is 22.1 Å². The molecule has 0 unspecified atom stereocenters. The maximum Gasteiger partial charge on any atom is 0.344 e. The zero-order valence-corrected chi connectivity index (χ0v) is 19.8. The molecule has 1 saturated carbocycles. The zero-order chi connectivity index (χ0) is 22.8.